The second-order valence-electron chi connectivity index (χ2n) is 12.1. The predicted molar refractivity (Wildman–Crippen MR) is 163 cm³/mol. The van der Waals surface area contributed by atoms with Crippen molar-refractivity contribution in [1.82, 2.24) is 4.90 Å². The molecule has 6 unspecified atom stereocenters. The van der Waals surface area contributed by atoms with E-state index in [9.17, 15) is 29.1 Å². The largest absolute Gasteiger partial charge is 0.504 e. The monoisotopic (exact) mass is 602 g/mol. The van der Waals surface area contributed by atoms with Crippen LogP contribution in [-0.4, -0.2) is 46.5 Å². The lowest BCUT2D eigenvalue weighted by Gasteiger charge is -2.55. The molecule has 7 rings (SSSR count). The van der Waals surface area contributed by atoms with Crippen LogP contribution in [0.4, 0.5) is 4.79 Å². The quantitative estimate of drug-likeness (QED) is 0.335. The number of nitrogens with zero attached hydrogens (tertiary/aromatic N) is 1. The minimum Gasteiger partial charge on any atom is -0.504 e. The number of nitrogens with two attached hydrogens (primary N) is 1. The second-order valence-corrected chi connectivity index (χ2v) is 12.1. The number of imide groups is 3. The lowest BCUT2D eigenvalue weighted by atomic mass is 9.44. The summed E-state index contributed by atoms with van der Waals surface area (Å²) in [5, 5.41) is 10.9. The molecule has 2 fully saturated rings. The van der Waals surface area contributed by atoms with Crippen molar-refractivity contribution in [2.24, 2.45) is 29.4 Å². The number of hydrogen-bond acceptors (Lipinski definition) is 7. The number of phenolic OH excluding ortho intramolecular Hbond substituents is 1. The molecular formula is C36H30N2O7. The molecular weight excluding hydrogens is 572 g/mol. The van der Waals surface area contributed by atoms with Gasteiger partial charge >= 0.3 is 6.03 Å². The standard InChI is InChI=1S/C36H30N2O7/c1-45-28-15-12-20(16-27(28)39)31-22-13-14-23-30(34(43)38(33(23)42)35(37)44)25(22)17-26-32(41)24(19-8-4-2-5-9-19)18-29(40)36(26,31)21-10-6-3-7-11-21/h2-13,15-16,18,23,25-26,30-31,39H,14,17H2,1H3,(H2,37,44). The molecule has 0 radical (unpaired) electrons. The lowest BCUT2D eigenvalue weighted by Crippen LogP contribution is -2.58. The highest BCUT2D eigenvalue weighted by molar-refractivity contribution is 6.31. The van der Waals surface area contributed by atoms with Gasteiger partial charge in [0.15, 0.2) is 23.1 Å². The Bertz CT molecular complexity index is 1850. The topological polar surface area (TPSA) is 144 Å². The van der Waals surface area contributed by atoms with Gasteiger partial charge in [-0.15, -0.1) is 0 Å². The SMILES string of the molecule is COc1ccc(C2C3=CCC4C(=O)N(C(N)=O)C(=O)C4C3CC3C(=O)C(c4ccccc4)=CC(=O)C32c2ccccc2)cc1O. The molecule has 3 aromatic rings. The molecule has 4 amide bonds. The number of rotatable bonds is 4. The molecule has 6 atom stereocenters. The first-order chi connectivity index (χ1) is 21.7. The average molecular weight is 603 g/mol. The third kappa shape index (κ3) is 3.96. The zero-order valence-corrected chi connectivity index (χ0v) is 24.4. The Balaban J connectivity index is 1.51. The van der Waals surface area contributed by atoms with Crippen LogP contribution in [0, 0.1) is 23.7 Å². The molecule has 0 spiro atoms. The third-order valence-corrected chi connectivity index (χ3v) is 10.1. The first-order valence-electron chi connectivity index (χ1n) is 14.9. The summed E-state index contributed by atoms with van der Waals surface area (Å²) in [6, 6.07) is 21.9. The Labute approximate surface area is 259 Å². The molecule has 4 aliphatic rings. The first kappa shape index (κ1) is 28.5. The number of Topliss-reactive ketones (excluding diaryl/α,β-unsaturated/α-hetero) is 1. The number of aromatic hydroxyl groups is 1. The summed E-state index contributed by atoms with van der Waals surface area (Å²) in [6.07, 6.45) is 3.57. The summed E-state index contributed by atoms with van der Waals surface area (Å²) in [5.41, 5.74) is 6.82. The number of phenols is 1. The van der Waals surface area contributed by atoms with Crippen LogP contribution in [0.15, 0.2) is 96.6 Å². The van der Waals surface area contributed by atoms with E-state index >= 15 is 0 Å². The third-order valence-electron chi connectivity index (χ3n) is 10.1. The van der Waals surface area contributed by atoms with Crippen LogP contribution in [0.1, 0.15) is 35.4 Å². The van der Waals surface area contributed by atoms with Crippen molar-refractivity contribution in [3.8, 4) is 11.5 Å². The number of urea groups is 1. The van der Waals surface area contributed by atoms with Gasteiger partial charge < -0.3 is 15.6 Å². The lowest BCUT2D eigenvalue weighted by molar-refractivity contribution is -0.137. The molecule has 3 N–H and O–H groups in total. The summed E-state index contributed by atoms with van der Waals surface area (Å²) in [6.45, 7) is 0. The molecule has 45 heavy (non-hydrogen) atoms. The van der Waals surface area contributed by atoms with Gasteiger partial charge in [-0.2, -0.15) is 4.90 Å². The fourth-order valence-corrected chi connectivity index (χ4v) is 8.35. The molecule has 3 aliphatic carbocycles. The zero-order chi connectivity index (χ0) is 31.6. The number of likely N-dealkylation sites (tertiary alicyclic amines) is 1. The van der Waals surface area contributed by atoms with Gasteiger partial charge in [0, 0.05) is 17.4 Å². The van der Waals surface area contributed by atoms with Gasteiger partial charge in [0.1, 0.15) is 0 Å². The van der Waals surface area contributed by atoms with Crippen LogP contribution in [0.5, 0.6) is 11.5 Å². The highest BCUT2D eigenvalue weighted by Crippen LogP contribution is 2.63. The highest BCUT2D eigenvalue weighted by atomic mass is 16.5. The minimum absolute atomic E-state index is 0.0981. The van der Waals surface area contributed by atoms with Crippen molar-refractivity contribution >= 4 is 35.0 Å². The number of ether oxygens (including phenoxy) is 1. The van der Waals surface area contributed by atoms with Crippen LogP contribution < -0.4 is 10.5 Å². The number of benzene rings is 3. The van der Waals surface area contributed by atoms with E-state index in [0.29, 0.717) is 27.2 Å². The van der Waals surface area contributed by atoms with Gasteiger partial charge in [-0.05, 0) is 53.7 Å². The second kappa shape index (κ2) is 10.4. The number of carbonyl (C=O) groups excluding carboxylic acids is 5. The fraction of sp³-hybridized carbons (Fsp3) is 0.250. The van der Waals surface area contributed by atoms with E-state index in [2.05, 4.69) is 0 Å². The zero-order valence-electron chi connectivity index (χ0n) is 24.4. The van der Waals surface area contributed by atoms with Gasteiger partial charge in [-0.1, -0.05) is 78.4 Å². The van der Waals surface area contributed by atoms with Crippen molar-refractivity contribution < 1.29 is 33.8 Å². The van der Waals surface area contributed by atoms with E-state index in [0.717, 1.165) is 0 Å². The van der Waals surface area contributed by atoms with Crippen LogP contribution in [0.25, 0.3) is 5.57 Å². The molecule has 3 aromatic carbocycles. The molecule has 0 bridgehead atoms. The Morgan fingerprint density at radius 2 is 1.62 bits per heavy atom. The number of allylic oxidation sites excluding steroid dienone is 4. The molecule has 9 heteroatoms. The van der Waals surface area contributed by atoms with Gasteiger partial charge in [0.2, 0.25) is 11.8 Å². The molecule has 1 saturated carbocycles. The summed E-state index contributed by atoms with van der Waals surface area (Å²) in [5.74, 6) is -5.89. The number of methoxy groups -OCH3 is 1. The normalized spacial score (nSPS) is 28.9. The maximum atomic E-state index is 14.9. The Hall–Kier alpha value is -5.31. The number of hydrogen-bond donors (Lipinski definition) is 2. The minimum atomic E-state index is -1.43. The number of amides is 4. The maximum Gasteiger partial charge on any atom is 0.328 e. The molecule has 226 valence electrons. The first-order valence-corrected chi connectivity index (χ1v) is 14.9. The average Bonchev–Trinajstić information content (AvgIpc) is 3.31. The fourth-order valence-electron chi connectivity index (χ4n) is 8.35. The molecule has 0 aromatic heterocycles. The van der Waals surface area contributed by atoms with Crippen LogP contribution in [0.3, 0.4) is 0 Å². The van der Waals surface area contributed by atoms with E-state index in [1.807, 2.05) is 42.5 Å². The summed E-state index contributed by atoms with van der Waals surface area (Å²) in [4.78, 5) is 69.4. The van der Waals surface area contributed by atoms with Crippen molar-refractivity contribution in [3.63, 3.8) is 0 Å². The molecule has 1 aliphatic heterocycles. The Morgan fingerprint density at radius 3 is 2.27 bits per heavy atom. The summed E-state index contributed by atoms with van der Waals surface area (Å²) in [7, 11) is 1.43. The number of fused-ring (bicyclic) bond motifs is 4. The van der Waals surface area contributed by atoms with E-state index in [1.54, 1.807) is 36.4 Å². The Morgan fingerprint density at radius 1 is 0.933 bits per heavy atom. The molecule has 1 saturated heterocycles. The van der Waals surface area contributed by atoms with E-state index < -0.39 is 52.8 Å². The Kier molecular flexibility index (Phi) is 6.58. The number of carbonyl (C=O) groups is 5. The van der Waals surface area contributed by atoms with Gasteiger partial charge in [0.05, 0.1) is 24.4 Å². The highest BCUT2D eigenvalue weighted by Gasteiger charge is 2.66. The van der Waals surface area contributed by atoms with Crippen molar-refractivity contribution in [2.75, 3.05) is 7.11 Å². The summed E-state index contributed by atoms with van der Waals surface area (Å²) >= 11 is 0. The molecule has 1 heterocycles. The predicted octanol–water partition coefficient (Wildman–Crippen LogP) is 4.30. The number of ketones is 2. The van der Waals surface area contributed by atoms with Crippen molar-refractivity contribution in [2.45, 2.75) is 24.2 Å². The van der Waals surface area contributed by atoms with Gasteiger partial charge in [-0.3, -0.25) is 19.2 Å². The smallest absolute Gasteiger partial charge is 0.328 e. The van der Waals surface area contributed by atoms with E-state index in [-0.39, 0.29) is 41.5 Å². The van der Waals surface area contributed by atoms with Crippen LogP contribution >= 0.6 is 0 Å². The summed E-state index contributed by atoms with van der Waals surface area (Å²) < 4.78 is 5.30. The van der Waals surface area contributed by atoms with E-state index in [4.69, 9.17) is 10.5 Å². The molecule has 9 nitrogen and oxygen atoms in total. The maximum absolute atomic E-state index is 14.9. The van der Waals surface area contributed by atoms with Crippen LogP contribution in [0.2, 0.25) is 0 Å². The van der Waals surface area contributed by atoms with Crippen molar-refractivity contribution in [1.29, 1.82) is 0 Å². The van der Waals surface area contributed by atoms with Gasteiger partial charge in [-0.25, -0.2) is 4.79 Å². The van der Waals surface area contributed by atoms with Crippen LogP contribution in [-0.2, 0) is 24.6 Å². The van der Waals surface area contributed by atoms with Crippen molar-refractivity contribution in [3.05, 3.63) is 113 Å². The van der Waals surface area contributed by atoms with E-state index in [1.165, 1.54) is 19.3 Å². The number of primary amides is 1. The van der Waals surface area contributed by atoms with Gasteiger partial charge in [0.25, 0.3) is 0 Å².